The lowest BCUT2D eigenvalue weighted by molar-refractivity contribution is 0.317. The van der Waals surface area contributed by atoms with Gasteiger partial charge in [0.1, 0.15) is 5.75 Å². The number of halogens is 1. The Bertz CT molecular complexity index is 731. The number of benzene rings is 2. The summed E-state index contributed by atoms with van der Waals surface area (Å²) in [7, 11) is 0. The summed E-state index contributed by atoms with van der Waals surface area (Å²) in [6.07, 6.45) is 4.60. The van der Waals surface area contributed by atoms with Crippen LogP contribution in [0.1, 0.15) is 36.5 Å². The zero-order valence-electron chi connectivity index (χ0n) is 14.6. The monoisotopic (exact) mass is 451 g/mol. The third-order valence-corrected chi connectivity index (χ3v) is 4.17. The maximum absolute atomic E-state index is 6.02. The van der Waals surface area contributed by atoms with Gasteiger partial charge in [0, 0.05) is 5.69 Å². The second kappa shape index (κ2) is 9.65. The molecule has 3 N–H and O–H groups in total. The minimum absolute atomic E-state index is 0. The molecule has 0 aliphatic heterocycles. The molecule has 25 heavy (non-hydrogen) atoms. The lowest BCUT2D eigenvalue weighted by atomic mass is 10.1. The molecular formula is C20H26IN3O. The summed E-state index contributed by atoms with van der Waals surface area (Å²) < 4.78 is 5.65. The number of guanidine groups is 1. The predicted molar refractivity (Wildman–Crippen MR) is 115 cm³/mol. The van der Waals surface area contributed by atoms with Gasteiger partial charge >= 0.3 is 0 Å². The van der Waals surface area contributed by atoms with Crippen molar-refractivity contribution in [1.82, 2.24) is 0 Å². The van der Waals surface area contributed by atoms with E-state index in [1.807, 2.05) is 24.3 Å². The number of nitrogens with zero attached hydrogens (tertiary/aromatic N) is 1. The lowest BCUT2D eigenvalue weighted by Gasteiger charge is -2.09. The molecule has 1 aliphatic rings. The first-order valence-corrected chi connectivity index (χ1v) is 8.65. The van der Waals surface area contributed by atoms with Crippen LogP contribution >= 0.6 is 24.0 Å². The summed E-state index contributed by atoms with van der Waals surface area (Å²) in [4.78, 5) is 4.43. The zero-order valence-corrected chi connectivity index (χ0v) is 17.0. The smallest absolute Gasteiger partial charge is 0.193 e. The van der Waals surface area contributed by atoms with Crippen LogP contribution in [-0.4, -0.2) is 12.6 Å². The summed E-state index contributed by atoms with van der Waals surface area (Å²) in [6, 6.07) is 14.4. The maximum Gasteiger partial charge on any atom is 0.193 e. The number of fused-ring (bicyclic) bond motifs is 1. The average molecular weight is 451 g/mol. The van der Waals surface area contributed by atoms with Crippen LogP contribution in [0.5, 0.6) is 5.75 Å². The van der Waals surface area contributed by atoms with Gasteiger partial charge in [-0.15, -0.1) is 24.0 Å². The molecular weight excluding hydrogens is 425 g/mol. The van der Waals surface area contributed by atoms with E-state index in [0.29, 0.717) is 12.5 Å². The molecule has 0 heterocycles. The van der Waals surface area contributed by atoms with Crippen LogP contribution in [0, 0.1) is 0 Å². The van der Waals surface area contributed by atoms with E-state index in [2.05, 4.69) is 35.4 Å². The number of nitrogens with two attached hydrogens (primary N) is 1. The first kappa shape index (κ1) is 19.6. The van der Waals surface area contributed by atoms with E-state index >= 15 is 0 Å². The molecule has 0 aromatic heterocycles. The van der Waals surface area contributed by atoms with Gasteiger partial charge in [-0.3, -0.25) is 0 Å². The SMILES string of the molecule is CCCOc1cccc(CN=C(N)Nc2ccc3c(c2)CCC3)c1.I. The Morgan fingerprint density at radius 1 is 1.16 bits per heavy atom. The topological polar surface area (TPSA) is 59.6 Å². The number of nitrogens with one attached hydrogen (secondary N) is 1. The van der Waals surface area contributed by atoms with Crippen molar-refractivity contribution in [2.24, 2.45) is 10.7 Å². The van der Waals surface area contributed by atoms with Crippen molar-refractivity contribution in [2.45, 2.75) is 39.2 Å². The highest BCUT2D eigenvalue weighted by atomic mass is 127. The first-order valence-electron chi connectivity index (χ1n) is 8.65. The quantitative estimate of drug-likeness (QED) is 0.386. The highest BCUT2D eigenvalue weighted by Crippen LogP contribution is 2.24. The van der Waals surface area contributed by atoms with Gasteiger partial charge in [0.15, 0.2) is 5.96 Å². The number of ether oxygens (including phenoxy) is 1. The number of aryl methyl sites for hydroxylation is 2. The fourth-order valence-corrected chi connectivity index (χ4v) is 2.97. The van der Waals surface area contributed by atoms with Crippen LogP contribution in [0.15, 0.2) is 47.5 Å². The third kappa shape index (κ3) is 5.63. The lowest BCUT2D eigenvalue weighted by Crippen LogP contribution is -2.22. The third-order valence-electron chi connectivity index (χ3n) is 4.17. The molecule has 0 fully saturated rings. The molecule has 0 atom stereocenters. The minimum atomic E-state index is 0. The molecule has 3 rings (SSSR count). The molecule has 0 bridgehead atoms. The standard InChI is InChI=1S/C20H25N3O.HI/c1-2-11-24-19-8-3-5-15(12-19)14-22-20(21)23-18-10-9-16-6-4-7-17(16)13-18;/h3,5,8-10,12-13H,2,4,6-7,11,14H2,1H3,(H3,21,22,23);1H. The van der Waals surface area contributed by atoms with Gasteiger partial charge in [-0.1, -0.05) is 25.1 Å². The fourth-order valence-electron chi connectivity index (χ4n) is 2.97. The largest absolute Gasteiger partial charge is 0.494 e. The summed E-state index contributed by atoms with van der Waals surface area (Å²) in [6.45, 7) is 3.36. The minimum Gasteiger partial charge on any atom is -0.494 e. The molecule has 4 nitrogen and oxygen atoms in total. The van der Waals surface area contributed by atoms with E-state index in [1.54, 1.807) is 0 Å². The van der Waals surface area contributed by atoms with Crippen molar-refractivity contribution < 1.29 is 4.74 Å². The summed E-state index contributed by atoms with van der Waals surface area (Å²) in [5.41, 5.74) is 11.0. The van der Waals surface area contributed by atoms with Crippen LogP contribution in [-0.2, 0) is 19.4 Å². The summed E-state index contributed by atoms with van der Waals surface area (Å²) in [5, 5.41) is 3.19. The van der Waals surface area contributed by atoms with Gasteiger partial charge < -0.3 is 15.8 Å². The van der Waals surface area contributed by atoms with Crippen LogP contribution < -0.4 is 15.8 Å². The van der Waals surface area contributed by atoms with Crippen LogP contribution in [0.4, 0.5) is 5.69 Å². The highest BCUT2D eigenvalue weighted by Gasteiger charge is 2.10. The van der Waals surface area contributed by atoms with Crippen molar-refractivity contribution in [1.29, 1.82) is 0 Å². The molecule has 2 aromatic carbocycles. The number of anilines is 1. The van der Waals surface area contributed by atoms with Crippen molar-refractivity contribution in [3.05, 3.63) is 59.2 Å². The molecule has 0 unspecified atom stereocenters. The molecule has 5 heteroatoms. The second-order valence-electron chi connectivity index (χ2n) is 6.16. The number of rotatable bonds is 6. The molecule has 0 radical (unpaired) electrons. The zero-order chi connectivity index (χ0) is 16.8. The number of aliphatic imine (C=N–C) groups is 1. The van der Waals surface area contributed by atoms with Crippen LogP contribution in [0.3, 0.4) is 0 Å². The Kier molecular flexibility index (Phi) is 7.55. The van der Waals surface area contributed by atoms with Crippen LogP contribution in [0.2, 0.25) is 0 Å². The van der Waals surface area contributed by atoms with Crippen molar-refractivity contribution in [3.8, 4) is 5.75 Å². The molecule has 0 saturated carbocycles. The first-order chi connectivity index (χ1) is 11.7. The van der Waals surface area contributed by atoms with Gasteiger partial charge in [0.25, 0.3) is 0 Å². The molecule has 0 spiro atoms. The van der Waals surface area contributed by atoms with Gasteiger partial charge in [0.2, 0.25) is 0 Å². The number of hydrogen-bond acceptors (Lipinski definition) is 2. The molecule has 2 aromatic rings. The van der Waals surface area contributed by atoms with E-state index in [-0.39, 0.29) is 24.0 Å². The normalized spacial score (nSPS) is 13.1. The van der Waals surface area contributed by atoms with Gasteiger partial charge in [-0.25, -0.2) is 4.99 Å². The Balaban J connectivity index is 0.00000225. The van der Waals surface area contributed by atoms with Crippen LogP contribution in [0.25, 0.3) is 0 Å². The predicted octanol–water partition coefficient (Wildman–Crippen LogP) is 4.51. The fraction of sp³-hybridized carbons (Fsp3) is 0.350. The van der Waals surface area contributed by atoms with Gasteiger partial charge in [-0.2, -0.15) is 0 Å². The van der Waals surface area contributed by atoms with E-state index in [9.17, 15) is 0 Å². The van der Waals surface area contributed by atoms with Crippen molar-refractivity contribution in [3.63, 3.8) is 0 Å². The van der Waals surface area contributed by atoms with E-state index < -0.39 is 0 Å². The van der Waals surface area contributed by atoms with Gasteiger partial charge in [-0.05, 0) is 66.6 Å². The summed E-state index contributed by atoms with van der Waals surface area (Å²) >= 11 is 0. The average Bonchev–Trinajstić information content (AvgIpc) is 3.06. The summed E-state index contributed by atoms with van der Waals surface area (Å²) in [5.74, 6) is 1.32. The molecule has 134 valence electrons. The Labute approximate surface area is 166 Å². The molecule has 0 saturated heterocycles. The van der Waals surface area contributed by atoms with E-state index in [4.69, 9.17) is 10.5 Å². The van der Waals surface area contributed by atoms with Gasteiger partial charge in [0.05, 0.1) is 13.2 Å². The van der Waals surface area contributed by atoms with Crippen molar-refractivity contribution in [2.75, 3.05) is 11.9 Å². The molecule has 0 amide bonds. The van der Waals surface area contributed by atoms with E-state index in [0.717, 1.165) is 36.4 Å². The molecule has 1 aliphatic carbocycles. The Morgan fingerprint density at radius 2 is 2.00 bits per heavy atom. The van der Waals surface area contributed by atoms with Crippen molar-refractivity contribution >= 4 is 35.6 Å². The maximum atomic E-state index is 6.02. The number of hydrogen-bond donors (Lipinski definition) is 2. The highest BCUT2D eigenvalue weighted by molar-refractivity contribution is 14.0. The Hall–Kier alpha value is -1.76. The second-order valence-corrected chi connectivity index (χ2v) is 6.16. The van der Waals surface area contributed by atoms with E-state index in [1.165, 1.54) is 24.0 Å². The Morgan fingerprint density at radius 3 is 2.84 bits per heavy atom.